The number of nitrogens with one attached hydrogen (secondary N) is 1. The average molecular weight is 446 g/mol. The van der Waals surface area contributed by atoms with Crippen LogP contribution in [0.5, 0.6) is 5.75 Å². The van der Waals surface area contributed by atoms with E-state index in [1.165, 1.54) is 0 Å². The first-order valence-electron chi connectivity index (χ1n) is 9.65. The zero-order valence-corrected chi connectivity index (χ0v) is 16.2. The van der Waals surface area contributed by atoms with Crippen molar-refractivity contribution in [2.24, 2.45) is 0 Å². The SMILES string of the molecule is [2H]C([2H])(OP1(=O)OCc2cccc(C)c2O1)[C@@]1(F)O[C@@H](n2ccc(=O)[nH]c2=O)[C@H](O)[C@@H]1O. The molecule has 0 amide bonds. The summed E-state index contributed by atoms with van der Waals surface area (Å²) in [7, 11) is -4.75. The summed E-state index contributed by atoms with van der Waals surface area (Å²) >= 11 is 0. The largest absolute Gasteiger partial charge is 0.530 e. The van der Waals surface area contributed by atoms with Crippen molar-refractivity contribution >= 4 is 7.82 Å². The van der Waals surface area contributed by atoms with Gasteiger partial charge in [-0.15, -0.1) is 0 Å². The molecule has 3 N–H and O–H groups in total. The van der Waals surface area contributed by atoms with Crippen LogP contribution in [-0.2, 0) is 25.0 Å². The fraction of sp³-hybridized carbons (Fsp3) is 0.412. The molecule has 0 saturated carbocycles. The van der Waals surface area contributed by atoms with Crippen LogP contribution >= 0.6 is 7.82 Å². The lowest BCUT2D eigenvalue weighted by Crippen LogP contribution is -2.43. The monoisotopic (exact) mass is 446 g/mol. The van der Waals surface area contributed by atoms with Crippen LogP contribution in [0.15, 0.2) is 40.1 Å². The molecule has 13 heteroatoms. The number of ether oxygens (including phenoxy) is 1. The van der Waals surface area contributed by atoms with Gasteiger partial charge in [0.1, 0.15) is 24.5 Å². The number of nitrogens with zero attached hydrogens (tertiary/aromatic N) is 1. The maximum absolute atomic E-state index is 15.6. The Morgan fingerprint density at radius 2 is 2.20 bits per heavy atom. The number of halogens is 1. The molecule has 4 rings (SSSR count). The maximum atomic E-state index is 15.6. The highest BCUT2D eigenvalue weighted by Crippen LogP contribution is 2.56. The predicted molar refractivity (Wildman–Crippen MR) is 97.5 cm³/mol. The van der Waals surface area contributed by atoms with E-state index < -0.39 is 49.9 Å². The zero-order chi connectivity index (χ0) is 23.5. The number of phosphoric acid groups is 1. The number of hydrogen-bond acceptors (Lipinski definition) is 9. The van der Waals surface area contributed by atoms with Crippen molar-refractivity contribution in [3.63, 3.8) is 0 Å². The minimum absolute atomic E-state index is 0.108. The highest BCUT2D eigenvalue weighted by molar-refractivity contribution is 7.49. The Bertz CT molecular complexity index is 1220. The van der Waals surface area contributed by atoms with Gasteiger partial charge in [0.25, 0.3) is 11.4 Å². The quantitative estimate of drug-likeness (QED) is 0.571. The molecule has 3 heterocycles. The second-order valence-corrected chi connectivity index (χ2v) is 8.19. The normalized spacial score (nSPS) is 34.6. The van der Waals surface area contributed by atoms with Crippen LogP contribution < -0.4 is 15.8 Å². The molecule has 2 aliphatic rings. The number of aryl methyl sites for hydroxylation is 1. The van der Waals surface area contributed by atoms with Gasteiger partial charge >= 0.3 is 13.5 Å². The van der Waals surface area contributed by atoms with Crippen LogP contribution in [0.25, 0.3) is 0 Å². The predicted octanol–water partition coefficient (Wildman–Crippen LogP) is 0.495. The summed E-state index contributed by atoms with van der Waals surface area (Å²) in [6.07, 6.45) is -5.85. The number of aliphatic hydroxyl groups is 2. The van der Waals surface area contributed by atoms with Gasteiger partial charge in [0.15, 0.2) is 6.23 Å². The Morgan fingerprint density at radius 1 is 1.43 bits per heavy atom. The number of hydrogen-bond donors (Lipinski definition) is 3. The van der Waals surface area contributed by atoms with E-state index in [4.69, 9.17) is 21.0 Å². The molecular formula is C17H18FN2O9P. The number of benzene rings is 1. The molecule has 162 valence electrons. The lowest BCUT2D eigenvalue weighted by Gasteiger charge is -2.29. The third kappa shape index (κ3) is 3.62. The molecule has 0 spiro atoms. The van der Waals surface area contributed by atoms with Crippen molar-refractivity contribution in [2.45, 2.75) is 37.8 Å². The van der Waals surface area contributed by atoms with Crippen LogP contribution in [0.3, 0.4) is 0 Å². The number of fused-ring (bicyclic) bond motifs is 1. The summed E-state index contributed by atoms with van der Waals surface area (Å²) < 4.78 is 64.9. The average Bonchev–Trinajstić information content (AvgIpc) is 2.94. The fourth-order valence-electron chi connectivity index (χ4n) is 3.03. The van der Waals surface area contributed by atoms with Crippen molar-refractivity contribution in [1.29, 1.82) is 0 Å². The van der Waals surface area contributed by atoms with E-state index >= 15 is 4.39 Å². The molecule has 2 aliphatic heterocycles. The minimum Gasteiger partial charge on any atom is -0.403 e. The summed E-state index contributed by atoms with van der Waals surface area (Å²) in [6, 6.07) is 5.81. The first kappa shape index (κ1) is 18.4. The third-order valence-corrected chi connectivity index (χ3v) is 5.75. The van der Waals surface area contributed by atoms with Crippen LogP contribution in [0.2, 0.25) is 0 Å². The Hall–Kier alpha value is -2.34. The van der Waals surface area contributed by atoms with Gasteiger partial charge in [0, 0.05) is 17.8 Å². The van der Waals surface area contributed by atoms with Crippen LogP contribution in [0.4, 0.5) is 4.39 Å². The van der Waals surface area contributed by atoms with Crippen molar-refractivity contribution < 1.29 is 40.2 Å². The molecule has 1 fully saturated rings. The number of aromatic amines is 1. The van der Waals surface area contributed by atoms with E-state index in [1.54, 1.807) is 25.1 Å². The summed E-state index contributed by atoms with van der Waals surface area (Å²) in [5.74, 6) is -3.71. The number of aromatic nitrogens is 2. The summed E-state index contributed by atoms with van der Waals surface area (Å²) in [6.45, 7) is -2.35. The molecule has 30 heavy (non-hydrogen) atoms. The molecule has 0 bridgehead atoms. The lowest BCUT2D eigenvalue weighted by molar-refractivity contribution is -0.205. The van der Waals surface area contributed by atoms with E-state index in [0.717, 1.165) is 12.3 Å². The lowest BCUT2D eigenvalue weighted by atomic mass is 10.1. The molecule has 0 aliphatic carbocycles. The van der Waals surface area contributed by atoms with Crippen molar-refractivity contribution in [2.75, 3.05) is 6.56 Å². The second kappa shape index (κ2) is 7.41. The van der Waals surface area contributed by atoms with Gasteiger partial charge in [-0.05, 0) is 12.5 Å². The van der Waals surface area contributed by atoms with Crippen LogP contribution in [-0.4, -0.2) is 44.4 Å². The number of alkyl halides is 1. The van der Waals surface area contributed by atoms with E-state index in [0.29, 0.717) is 15.7 Å². The van der Waals surface area contributed by atoms with Gasteiger partial charge in [-0.3, -0.25) is 23.4 Å². The summed E-state index contributed by atoms with van der Waals surface area (Å²) in [5, 5.41) is 20.4. The number of aliphatic hydroxyl groups excluding tert-OH is 2. The molecule has 1 saturated heterocycles. The second-order valence-electron chi connectivity index (χ2n) is 6.67. The van der Waals surface area contributed by atoms with E-state index in [2.05, 4.69) is 0 Å². The van der Waals surface area contributed by atoms with E-state index in [9.17, 15) is 24.4 Å². The standard InChI is InChI=1S/C17H18FN2O9P/c1-9-3-2-4-10-7-26-30(25,29-13(9)10)27-8-17(18)14(23)12(22)15(28-17)20-6-5-11(21)19-16(20)24/h2-6,12,14-15,22-23H,7-8H2,1H3,(H,19,21,24)/t12-,14+,15-,17-,30?/m1/s1/i8D2. The van der Waals surface area contributed by atoms with Crippen LogP contribution in [0, 0.1) is 6.92 Å². The van der Waals surface area contributed by atoms with E-state index in [1.807, 2.05) is 4.98 Å². The molecule has 1 aromatic heterocycles. The highest BCUT2D eigenvalue weighted by atomic mass is 31.2. The fourth-order valence-corrected chi connectivity index (χ4v) is 4.19. The van der Waals surface area contributed by atoms with Gasteiger partial charge in [-0.25, -0.2) is 13.8 Å². The Labute approximate surface area is 171 Å². The highest BCUT2D eigenvalue weighted by Gasteiger charge is 2.57. The molecular weight excluding hydrogens is 426 g/mol. The van der Waals surface area contributed by atoms with Gasteiger partial charge in [-0.2, -0.15) is 0 Å². The zero-order valence-electron chi connectivity index (χ0n) is 17.4. The van der Waals surface area contributed by atoms with Gasteiger partial charge in [0.05, 0.1) is 9.35 Å². The number of H-pyrrole nitrogens is 1. The number of rotatable bonds is 4. The van der Waals surface area contributed by atoms with Gasteiger partial charge < -0.3 is 19.5 Å². The minimum atomic E-state index is -4.75. The topological polar surface area (TPSA) is 149 Å². The molecule has 1 aromatic carbocycles. The smallest absolute Gasteiger partial charge is 0.403 e. The molecule has 1 unspecified atom stereocenters. The molecule has 5 atom stereocenters. The van der Waals surface area contributed by atoms with Gasteiger partial charge in [-0.1, -0.05) is 18.2 Å². The first-order valence-corrected chi connectivity index (χ1v) is 10.1. The maximum Gasteiger partial charge on any atom is 0.530 e. The van der Waals surface area contributed by atoms with Crippen LogP contribution in [0.1, 0.15) is 20.1 Å². The third-order valence-electron chi connectivity index (χ3n) is 4.58. The van der Waals surface area contributed by atoms with Crippen molar-refractivity contribution in [3.05, 3.63) is 62.4 Å². The number of para-hydroxylation sites is 1. The summed E-state index contributed by atoms with van der Waals surface area (Å²) in [5.41, 5.74) is -0.862. The summed E-state index contributed by atoms with van der Waals surface area (Å²) in [4.78, 5) is 25.0. The Kier molecular flexibility index (Phi) is 4.55. The molecule has 0 radical (unpaired) electrons. The molecule has 2 aromatic rings. The molecule has 11 nitrogen and oxygen atoms in total. The Morgan fingerprint density at radius 3 is 2.93 bits per heavy atom. The van der Waals surface area contributed by atoms with Gasteiger partial charge in [0.2, 0.25) is 0 Å². The first-order chi connectivity index (χ1) is 14.9. The van der Waals surface area contributed by atoms with E-state index in [-0.39, 0.29) is 12.4 Å². The number of phosphoric ester groups is 1. The Balaban J connectivity index is 1.63. The van der Waals surface area contributed by atoms with Crippen molar-refractivity contribution in [1.82, 2.24) is 9.55 Å². The van der Waals surface area contributed by atoms with Crippen molar-refractivity contribution in [3.8, 4) is 5.75 Å².